The van der Waals surface area contributed by atoms with Gasteiger partial charge in [-0.15, -0.1) is 0 Å². The molecule has 0 unspecified atom stereocenters. The third kappa shape index (κ3) is 10.4. The van der Waals surface area contributed by atoms with Crippen molar-refractivity contribution in [3.05, 3.63) is 64.7 Å². The van der Waals surface area contributed by atoms with Crippen LogP contribution in [-0.2, 0) is 23.9 Å². The molecule has 0 radical (unpaired) electrons. The van der Waals surface area contributed by atoms with Crippen molar-refractivity contribution in [2.24, 2.45) is 0 Å². The van der Waals surface area contributed by atoms with E-state index >= 15 is 0 Å². The normalized spacial score (nSPS) is 11.6. The van der Waals surface area contributed by atoms with Crippen LogP contribution in [0.2, 0.25) is 10.4 Å². The molecule has 0 bridgehead atoms. The summed E-state index contributed by atoms with van der Waals surface area (Å²) in [5.41, 5.74) is 2.34. The number of unbranched alkanes of at least 4 members (excludes halogenated alkanes) is 11. The Balaban J connectivity index is 1.54. The predicted molar refractivity (Wildman–Crippen MR) is 127 cm³/mol. The van der Waals surface area contributed by atoms with Gasteiger partial charge in [0.2, 0.25) is 0 Å². The summed E-state index contributed by atoms with van der Waals surface area (Å²) in [6.07, 6.45) is 16.9. The maximum absolute atomic E-state index is 12.6. The van der Waals surface area contributed by atoms with Gasteiger partial charge in [-0.25, -0.2) is 0 Å². The molecule has 169 valence electrons. The molecule has 0 atom stereocenters. The standard InChI is InChI=1S/C14H29.C13H10Cl.Co.O/c1-3-5-7-9-11-13-14-12-10-8-6-4-2;14-13-9-5-4-8-12(13)10-11-6-2-1-3-7-11;;/h1,3-14H2,2H3;2-9H,10H2;;. The maximum atomic E-state index is 12.6. The minimum absolute atomic E-state index is 0.805. The molecule has 3 heteroatoms. The summed E-state index contributed by atoms with van der Waals surface area (Å²) in [4.78, 5) is 0. The quantitative estimate of drug-likeness (QED) is 0.223. The number of halogens is 1. The van der Waals surface area contributed by atoms with E-state index in [1.165, 1.54) is 76.2 Å². The van der Waals surface area contributed by atoms with E-state index in [0.717, 1.165) is 33.3 Å². The van der Waals surface area contributed by atoms with E-state index in [1.807, 2.05) is 30.3 Å². The van der Waals surface area contributed by atoms with Gasteiger partial charge < -0.3 is 0 Å². The van der Waals surface area contributed by atoms with E-state index < -0.39 is 13.6 Å². The van der Waals surface area contributed by atoms with Crippen LogP contribution in [0.4, 0.5) is 0 Å². The Hall–Kier alpha value is -0.964. The molecule has 0 aliphatic heterocycles. The zero-order chi connectivity index (χ0) is 21.4. The van der Waals surface area contributed by atoms with Crippen LogP contribution in [-0.4, -0.2) is 0 Å². The molecule has 0 heterocycles. The van der Waals surface area contributed by atoms with Crippen LogP contribution in [0.1, 0.15) is 95.1 Å². The zero-order valence-electron chi connectivity index (χ0n) is 18.6. The van der Waals surface area contributed by atoms with Crippen molar-refractivity contribution in [2.75, 3.05) is 0 Å². The molecule has 0 amide bonds. The molecule has 0 aromatic heterocycles. The van der Waals surface area contributed by atoms with Crippen molar-refractivity contribution in [1.29, 1.82) is 0 Å². The summed E-state index contributed by atoms with van der Waals surface area (Å²) in [6.45, 7) is 2.27. The van der Waals surface area contributed by atoms with Gasteiger partial charge in [0.1, 0.15) is 0 Å². The summed E-state index contributed by atoms with van der Waals surface area (Å²) < 4.78 is 13.6. The Labute approximate surface area is 193 Å². The molecule has 0 fully saturated rings. The Morgan fingerprint density at radius 1 is 0.700 bits per heavy atom. The van der Waals surface area contributed by atoms with Gasteiger partial charge in [0, 0.05) is 0 Å². The first-order chi connectivity index (χ1) is 14.7. The summed E-state index contributed by atoms with van der Waals surface area (Å²) in [7, 11) is 0. The van der Waals surface area contributed by atoms with Gasteiger partial charge >= 0.3 is 181 Å². The first-order valence-corrected chi connectivity index (χ1v) is 13.8. The van der Waals surface area contributed by atoms with Crippen molar-refractivity contribution in [2.45, 2.75) is 95.7 Å². The third-order valence-electron chi connectivity index (χ3n) is 5.59. The van der Waals surface area contributed by atoms with Crippen LogP contribution in [0.3, 0.4) is 0 Å². The second-order valence-corrected chi connectivity index (χ2v) is 10.6. The van der Waals surface area contributed by atoms with Gasteiger partial charge in [-0.3, -0.25) is 0 Å². The van der Waals surface area contributed by atoms with Crippen LogP contribution < -0.4 is 4.50 Å². The molecule has 2 aromatic rings. The van der Waals surface area contributed by atoms with Crippen molar-refractivity contribution in [1.82, 2.24) is 0 Å². The van der Waals surface area contributed by atoms with Crippen LogP contribution in [0.25, 0.3) is 0 Å². The molecule has 2 aromatic carbocycles. The fourth-order valence-corrected chi connectivity index (χ4v) is 5.37. The van der Waals surface area contributed by atoms with Crippen molar-refractivity contribution >= 4 is 16.1 Å². The fraction of sp³-hybridized carbons (Fsp3) is 0.556. The van der Waals surface area contributed by atoms with Gasteiger partial charge in [0.05, 0.1) is 0 Å². The summed E-state index contributed by atoms with van der Waals surface area (Å²) >= 11 is 5.01. The first-order valence-electron chi connectivity index (χ1n) is 11.8. The molecule has 2 rings (SSSR count). The van der Waals surface area contributed by atoms with Gasteiger partial charge in [-0.2, -0.15) is 0 Å². The van der Waals surface area contributed by atoms with E-state index in [0.29, 0.717) is 0 Å². The van der Waals surface area contributed by atoms with E-state index in [1.54, 1.807) is 0 Å². The van der Waals surface area contributed by atoms with Crippen molar-refractivity contribution < 1.29 is 17.5 Å². The topological polar surface area (TPSA) is 17.1 Å². The predicted octanol–water partition coefficient (Wildman–Crippen LogP) is 8.64. The van der Waals surface area contributed by atoms with Gasteiger partial charge in [0.25, 0.3) is 0 Å². The average molecular weight is 474 g/mol. The molecule has 0 saturated carbocycles. The Morgan fingerprint density at radius 3 is 1.80 bits per heavy atom. The Morgan fingerprint density at radius 2 is 1.23 bits per heavy atom. The van der Waals surface area contributed by atoms with E-state index in [4.69, 9.17) is 11.6 Å². The number of hydrogen-bond donors (Lipinski definition) is 0. The molecular formula is C27H39ClCoO. The monoisotopic (exact) mass is 473 g/mol. The number of hydrogen-bond acceptors (Lipinski definition) is 1. The van der Waals surface area contributed by atoms with Crippen molar-refractivity contribution in [3.8, 4) is 0 Å². The number of rotatable bonds is 16. The molecular weight excluding hydrogens is 435 g/mol. The van der Waals surface area contributed by atoms with Gasteiger partial charge in [-0.1, -0.05) is 13.3 Å². The second kappa shape index (κ2) is 15.8. The number of benzene rings is 2. The SMILES string of the molecule is CCCCCCCCCCCCC[CH2][Co](=[O])[c]1ccc(Cc2ccccc2Cl)cc1. The summed E-state index contributed by atoms with van der Waals surface area (Å²) in [5, 5.41) is 1.62. The van der Waals surface area contributed by atoms with Crippen LogP contribution >= 0.6 is 11.6 Å². The molecule has 30 heavy (non-hydrogen) atoms. The Kier molecular flexibility index (Phi) is 13.3. The van der Waals surface area contributed by atoms with E-state index in [9.17, 15) is 3.87 Å². The van der Waals surface area contributed by atoms with E-state index in [2.05, 4.69) is 25.1 Å². The van der Waals surface area contributed by atoms with Crippen LogP contribution in [0.5, 0.6) is 0 Å². The van der Waals surface area contributed by atoms with Crippen molar-refractivity contribution in [3.63, 3.8) is 0 Å². The fourth-order valence-electron chi connectivity index (χ4n) is 3.71. The minimum atomic E-state index is -1.24. The second-order valence-electron chi connectivity index (χ2n) is 8.21. The summed E-state index contributed by atoms with van der Waals surface area (Å²) in [5.74, 6) is 0. The van der Waals surface area contributed by atoms with Gasteiger partial charge in [0.15, 0.2) is 0 Å². The molecule has 0 aliphatic carbocycles. The van der Waals surface area contributed by atoms with Crippen LogP contribution in [0, 0.1) is 0 Å². The molecule has 0 spiro atoms. The molecule has 1 nitrogen and oxygen atoms in total. The third-order valence-corrected chi connectivity index (χ3v) is 7.82. The molecule has 0 N–H and O–H groups in total. The van der Waals surface area contributed by atoms with E-state index in [-0.39, 0.29) is 0 Å². The van der Waals surface area contributed by atoms with Crippen LogP contribution in [0.15, 0.2) is 48.5 Å². The Bertz CT molecular complexity index is 726. The first kappa shape index (κ1) is 25.3. The molecule has 0 saturated heterocycles. The summed E-state index contributed by atoms with van der Waals surface area (Å²) in [6, 6.07) is 16.2. The van der Waals surface area contributed by atoms with Gasteiger partial charge in [-0.05, 0) is 0 Å². The zero-order valence-corrected chi connectivity index (χ0v) is 20.4. The average Bonchev–Trinajstić information content (AvgIpc) is 2.76. The molecule has 0 aliphatic rings.